The zero-order chi connectivity index (χ0) is 12.9. The van der Waals surface area contributed by atoms with Gasteiger partial charge in [0.15, 0.2) is 0 Å². The van der Waals surface area contributed by atoms with Crippen LogP contribution in [0.5, 0.6) is 0 Å². The van der Waals surface area contributed by atoms with Gasteiger partial charge in [0.1, 0.15) is 6.10 Å². The number of carbonyl (C=O) groups excluding carboxylic acids is 1. The van der Waals surface area contributed by atoms with Crippen molar-refractivity contribution in [2.75, 3.05) is 6.61 Å². The topological polar surface area (TPSA) is 66.8 Å². The fraction of sp³-hybridized carbons (Fsp3) is 0.929. The minimum atomic E-state index is -0.367. The first-order chi connectivity index (χ1) is 8.55. The fourth-order valence-corrected chi connectivity index (χ4v) is 4.49. The van der Waals surface area contributed by atoms with E-state index in [4.69, 9.17) is 4.74 Å². The molecule has 1 unspecified atom stereocenters. The second-order valence-electron chi connectivity index (χ2n) is 6.59. The third-order valence-electron chi connectivity index (χ3n) is 5.56. The summed E-state index contributed by atoms with van der Waals surface area (Å²) in [7, 11) is 0. The predicted molar refractivity (Wildman–Crippen MR) is 64.6 cm³/mol. The lowest BCUT2D eigenvalue weighted by Crippen LogP contribution is -2.49. The van der Waals surface area contributed by atoms with E-state index in [1.54, 1.807) is 0 Å². The summed E-state index contributed by atoms with van der Waals surface area (Å²) < 4.78 is 5.44. The Balaban J connectivity index is 1.85. The van der Waals surface area contributed by atoms with Crippen LogP contribution in [0.1, 0.15) is 39.0 Å². The largest absolute Gasteiger partial charge is 0.462 e. The normalized spacial score (nSPS) is 51.5. The Kier molecular flexibility index (Phi) is 2.90. The molecular weight excluding hydrogens is 232 g/mol. The molecule has 0 aromatic rings. The lowest BCUT2D eigenvalue weighted by molar-refractivity contribution is -0.148. The summed E-state index contributed by atoms with van der Waals surface area (Å²) in [6, 6.07) is 0. The van der Waals surface area contributed by atoms with Gasteiger partial charge in [-0.1, -0.05) is 13.3 Å². The molecular formula is C14H22O4. The maximum atomic E-state index is 11.7. The van der Waals surface area contributed by atoms with Gasteiger partial charge >= 0.3 is 5.97 Å². The number of aliphatic hydroxyl groups excluding tert-OH is 2. The van der Waals surface area contributed by atoms with Crippen LogP contribution in [0.4, 0.5) is 0 Å². The average molecular weight is 254 g/mol. The molecule has 1 saturated heterocycles. The molecule has 2 saturated carbocycles. The molecule has 2 aliphatic carbocycles. The first-order valence-electron chi connectivity index (χ1n) is 7.04. The van der Waals surface area contributed by atoms with Crippen LogP contribution in [0.3, 0.4) is 0 Å². The van der Waals surface area contributed by atoms with Gasteiger partial charge in [0, 0.05) is 5.92 Å². The Hall–Kier alpha value is -0.610. The van der Waals surface area contributed by atoms with Crippen molar-refractivity contribution in [3.63, 3.8) is 0 Å². The summed E-state index contributed by atoms with van der Waals surface area (Å²) in [6.45, 7) is 2.09. The third kappa shape index (κ3) is 1.69. The Morgan fingerprint density at radius 2 is 2.28 bits per heavy atom. The molecule has 3 aliphatic rings. The molecule has 0 spiro atoms. The van der Waals surface area contributed by atoms with E-state index in [-0.39, 0.29) is 48.0 Å². The van der Waals surface area contributed by atoms with Crippen LogP contribution < -0.4 is 0 Å². The Bertz CT molecular complexity index is 356. The van der Waals surface area contributed by atoms with E-state index in [0.29, 0.717) is 0 Å². The van der Waals surface area contributed by atoms with Crippen LogP contribution in [0.15, 0.2) is 0 Å². The van der Waals surface area contributed by atoms with Gasteiger partial charge in [-0.2, -0.15) is 0 Å². The second kappa shape index (κ2) is 4.20. The molecule has 0 aromatic carbocycles. The van der Waals surface area contributed by atoms with Gasteiger partial charge in [-0.25, -0.2) is 0 Å². The number of rotatable bonds is 1. The third-order valence-corrected chi connectivity index (χ3v) is 5.56. The molecule has 1 heterocycles. The summed E-state index contributed by atoms with van der Waals surface area (Å²) in [4.78, 5) is 11.7. The van der Waals surface area contributed by atoms with Gasteiger partial charge in [0.05, 0.1) is 18.6 Å². The van der Waals surface area contributed by atoms with Crippen molar-refractivity contribution >= 4 is 5.97 Å². The monoisotopic (exact) mass is 254 g/mol. The molecule has 1 aliphatic heterocycles. The highest BCUT2D eigenvalue weighted by atomic mass is 16.6. The van der Waals surface area contributed by atoms with Crippen LogP contribution in [-0.4, -0.2) is 35.0 Å². The first kappa shape index (κ1) is 12.4. The molecule has 0 amide bonds. The zero-order valence-corrected chi connectivity index (χ0v) is 10.8. The average Bonchev–Trinajstić information content (AvgIpc) is 2.60. The van der Waals surface area contributed by atoms with Crippen LogP contribution in [0, 0.1) is 23.2 Å². The van der Waals surface area contributed by atoms with E-state index in [1.165, 1.54) is 0 Å². The summed E-state index contributed by atoms with van der Waals surface area (Å²) in [6.07, 6.45) is 4.42. The Morgan fingerprint density at radius 1 is 1.50 bits per heavy atom. The molecule has 2 N–H and O–H groups in total. The lowest BCUT2D eigenvalue weighted by atomic mass is 9.55. The molecule has 4 nitrogen and oxygen atoms in total. The van der Waals surface area contributed by atoms with Crippen molar-refractivity contribution in [2.45, 2.75) is 51.2 Å². The maximum absolute atomic E-state index is 11.7. The molecule has 0 radical (unpaired) electrons. The van der Waals surface area contributed by atoms with Crippen LogP contribution in [0.25, 0.3) is 0 Å². The SMILES string of the molecule is C[C@]12CCC[C@@H](O)[C@@H]1C[C@@H]1C(CO)C(=O)O[C@@H]1C2. The van der Waals surface area contributed by atoms with Gasteiger partial charge in [-0.05, 0) is 37.0 Å². The van der Waals surface area contributed by atoms with Gasteiger partial charge in [-0.3, -0.25) is 4.79 Å². The van der Waals surface area contributed by atoms with E-state index < -0.39 is 0 Å². The van der Waals surface area contributed by atoms with Crippen molar-refractivity contribution in [3.05, 3.63) is 0 Å². The number of esters is 1. The van der Waals surface area contributed by atoms with Crippen molar-refractivity contribution in [1.82, 2.24) is 0 Å². The van der Waals surface area contributed by atoms with E-state index in [9.17, 15) is 15.0 Å². The summed E-state index contributed by atoms with van der Waals surface area (Å²) >= 11 is 0. The number of ether oxygens (including phenoxy) is 1. The molecule has 3 fully saturated rings. The summed E-state index contributed by atoms with van der Waals surface area (Å²) in [5.74, 6) is -0.248. The molecule has 18 heavy (non-hydrogen) atoms. The van der Waals surface area contributed by atoms with Gasteiger partial charge < -0.3 is 14.9 Å². The predicted octanol–water partition coefficient (Wildman–Crippen LogP) is 1.10. The molecule has 0 aromatic heterocycles. The summed E-state index contributed by atoms with van der Waals surface area (Å²) in [5.41, 5.74) is 0.101. The quantitative estimate of drug-likeness (QED) is 0.688. The maximum Gasteiger partial charge on any atom is 0.311 e. The van der Waals surface area contributed by atoms with Gasteiger partial charge in [0.2, 0.25) is 0 Å². The van der Waals surface area contributed by atoms with E-state index >= 15 is 0 Å². The molecule has 102 valence electrons. The van der Waals surface area contributed by atoms with E-state index in [0.717, 1.165) is 32.1 Å². The number of hydrogen-bond acceptors (Lipinski definition) is 4. The lowest BCUT2D eigenvalue weighted by Gasteiger charge is -2.50. The number of aliphatic hydroxyl groups is 2. The molecule has 6 atom stereocenters. The highest BCUT2D eigenvalue weighted by Gasteiger charge is 2.55. The van der Waals surface area contributed by atoms with Crippen LogP contribution in [-0.2, 0) is 9.53 Å². The Labute approximate surface area is 107 Å². The van der Waals surface area contributed by atoms with Crippen LogP contribution >= 0.6 is 0 Å². The number of hydrogen-bond donors (Lipinski definition) is 2. The standard InChI is InChI=1S/C14H22O4/c1-14-4-2-3-11(16)10(14)5-8-9(7-15)13(17)18-12(8)6-14/h8-12,15-16H,2-7H2,1H3/t8-,9?,10+,11-,12-,14-/m1/s1. The zero-order valence-electron chi connectivity index (χ0n) is 10.8. The fourth-order valence-electron chi connectivity index (χ4n) is 4.49. The van der Waals surface area contributed by atoms with Crippen molar-refractivity contribution in [3.8, 4) is 0 Å². The summed E-state index contributed by atoms with van der Waals surface area (Å²) in [5, 5.41) is 19.6. The van der Waals surface area contributed by atoms with Crippen LogP contribution in [0.2, 0.25) is 0 Å². The van der Waals surface area contributed by atoms with E-state index in [2.05, 4.69) is 6.92 Å². The molecule has 3 rings (SSSR count). The first-order valence-corrected chi connectivity index (χ1v) is 7.04. The minimum absolute atomic E-state index is 0.0406. The minimum Gasteiger partial charge on any atom is -0.462 e. The number of carbonyl (C=O) groups is 1. The number of fused-ring (bicyclic) bond motifs is 2. The highest BCUT2D eigenvalue weighted by Crippen LogP contribution is 2.55. The second-order valence-corrected chi connectivity index (χ2v) is 6.59. The highest BCUT2D eigenvalue weighted by molar-refractivity contribution is 5.75. The van der Waals surface area contributed by atoms with Gasteiger partial charge in [-0.15, -0.1) is 0 Å². The van der Waals surface area contributed by atoms with E-state index in [1.807, 2.05) is 0 Å². The van der Waals surface area contributed by atoms with Crippen molar-refractivity contribution in [1.29, 1.82) is 0 Å². The molecule has 4 heteroatoms. The Morgan fingerprint density at radius 3 is 3.00 bits per heavy atom. The van der Waals surface area contributed by atoms with Crippen molar-refractivity contribution < 1.29 is 19.7 Å². The molecule has 0 bridgehead atoms. The van der Waals surface area contributed by atoms with Gasteiger partial charge in [0.25, 0.3) is 0 Å². The van der Waals surface area contributed by atoms with Crippen molar-refractivity contribution in [2.24, 2.45) is 23.2 Å². The smallest absolute Gasteiger partial charge is 0.311 e.